The van der Waals surface area contributed by atoms with Crippen molar-refractivity contribution in [2.24, 2.45) is 0 Å². The number of likely N-dealkylation sites (N-methyl/N-ethyl adjacent to an activating group) is 1. The first-order valence-corrected chi connectivity index (χ1v) is 6.75. The predicted molar refractivity (Wildman–Crippen MR) is 80.4 cm³/mol. The standard InChI is InChI=1S/C15H21N3O3/c1-11-5-3-6-13(16)12(11)9-18(10-20)14(7-4-8-19)15(21)17-2/h3,5-6,8,10,14H,4,7,9,16H2,1-2H3,(H,17,21). The van der Waals surface area contributed by atoms with Crippen LogP contribution in [0.4, 0.5) is 5.69 Å². The molecule has 0 saturated carbocycles. The Balaban J connectivity index is 3.00. The van der Waals surface area contributed by atoms with E-state index in [1.165, 1.54) is 11.9 Å². The Kier molecular flexibility index (Phi) is 6.39. The second-order valence-corrected chi connectivity index (χ2v) is 4.79. The summed E-state index contributed by atoms with van der Waals surface area (Å²) in [4.78, 5) is 35.2. The van der Waals surface area contributed by atoms with Gasteiger partial charge >= 0.3 is 0 Å². The van der Waals surface area contributed by atoms with Gasteiger partial charge in [0.05, 0.1) is 0 Å². The molecule has 0 aliphatic heterocycles. The molecule has 0 aromatic heterocycles. The lowest BCUT2D eigenvalue weighted by atomic mass is 10.0. The van der Waals surface area contributed by atoms with Crippen LogP contribution in [-0.2, 0) is 20.9 Å². The Bertz CT molecular complexity index is 497. The topological polar surface area (TPSA) is 92.5 Å². The number of anilines is 1. The van der Waals surface area contributed by atoms with Gasteiger partial charge in [-0.15, -0.1) is 0 Å². The zero-order valence-corrected chi connectivity index (χ0v) is 12.3. The molecule has 0 spiro atoms. The third kappa shape index (κ3) is 4.30. The fraction of sp³-hybridized carbons (Fsp3) is 0.400. The Morgan fingerprint density at radius 1 is 1.43 bits per heavy atom. The molecule has 21 heavy (non-hydrogen) atoms. The lowest BCUT2D eigenvalue weighted by Gasteiger charge is -2.27. The van der Waals surface area contributed by atoms with Crippen LogP contribution in [0.2, 0.25) is 0 Å². The van der Waals surface area contributed by atoms with E-state index in [9.17, 15) is 14.4 Å². The average Bonchev–Trinajstić information content (AvgIpc) is 2.48. The normalized spacial score (nSPS) is 11.5. The minimum Gasteiger partial charge on any atom is -0.398 e. The molecule has 0 bridgehead atoms. The fourth-order valence-corrected chi connectivity index (χ4v) is 2.18. The second-order valence-electron chi connectivity index (χ2n) is 4.79. The van der Waals surface area contributed by atoms with Crippen LogP contribution < -0.4 is 11.1 Å². The van der Waals surface area contributed by atoms with E-state index in [2.05, 4.69) is 5.32 Å². The Morgan fingerprint density at radius 3 is 2.67 bits per heavy atom. The molecule has 6 nitrogen and oxygen atoms in total. The third-order valence-electron chi connectivity index (χ3n) is 3.43. The SMILES string of the molecule is CNC(=O)C(CCC=O)N(C=O)Cc1c(C)cccc1N. The van der Waals surface area contributed by atoms with Gasteiger partial charge in [-0.3, -0.25) is 9.59 Å². The van der Waals surface area contributed by atoms with Crippen molar-refractivity contribution in [2.75, 3.05) is 12.8 Å². The number of carbonyl (C=O) groups is 3. The van der Waals surface area contributed by atoms with Crippen LogP contribution in [0.1, 0.15) is 24.0 Å². The fourth-order valence-electron chi connectivity index (χ4n) is 2.18. The number of hydrogen-bond acceptors (Lipinski definition) is 4. The van der Waals surface area contributed by atoms with Gasteiger partial charge in [0, 0.05) is 25.7 Å². The average molecular weight is 291 g/mol. The smallest absolute Gasteiger partial charge is 0.242 e. The van der Waals surface area contributed by atoms with Crippen molar-refractivity contribution in [3.05, 3.63) is 29.3 Å². The van der Waals surface area contributed by atoms with Gasteiger partial charge in [0.25, 0.3) is 0 Å². The first kappa shape index (κ1) is 16.7. The number of carbonyl (C=O) groups excluding carboxylic acids is 3. The second kappa shape index (κ2) is 8.04. The molecule has 0 fully saturated rings. The molecular formula is C15H21N3O3. The molecule has 1 unspecified atom stereocenters. The summed E-state index contributed by atoms with van der Waals surface area (Å²) in [6, 6.07) is 4.81. The van der Waals surface area contributed by atoms with Crippen LogP contribution in [0.5, 0.6) is 0 Å². The van der Waals surface area contributed by atoms with Gasteiger partial charge < -0.3 is 20.7 Å². The van der Waals surface area contributed by atoms with Crippen LogP contribution in [-0.4, -0.2) is 36.6 Å². The van der Waals surface area contributed by atoms with Crippen molar-refractivity contribution in [1.82, 2.24) is 10.2 Å². The summed E-state index contributed by atoms with van der Waals surface area (Å²) in [6.45, 7) is 2.13. The molecule has 1 aromatic rings. The number of amides is 2. The highest BCUT2D eigenvalue weighted by Crippen LogP contribution is 2.20. The van der Waals surface area contributed by atoms with Gasteiger partial charge in [-0.2, -0.15) is 0 Å². The minimum absolute atomic E-state index is 0.214. The number of hydrogen-bond donors (Lipinski definition) is 2. The minimum atomic E-state index is -0.684. The molecule has 2 amide bonds. The molecule has 1 atom stereocenters. The quantitative estimate of drug-likeness (QED) is 0.543. The number of aryl methyl sites for hydroxylation is 1. The highest BCUT2D eigenvalue weighted by atomic mass is 16.2. The number of benzene rings is 1. The van der Waals surface area contributed by atoms with E-state index < -0.39 is 6.04 Å². The van der Waals surface area contributed by atoms with E-state index in [1.807, 2.05) is 19.1 Å². The van der Waals surface area contributed by atoms with E-state index in [1.54, 1.807) is 6.07 Å². The molecule has 114 valence electrons. The van der Waals surface area contributed by atoms with E-state index in [0.717, 1.165) is 17.4 Å². The largest absolute Gasteiger partial charge is 0.398 e. The maximum Gasteiger partial charge on any atom is 0.242 e. The first-order chi connectivity index (χ1) is 10.0. The van der Waals surface area contributed by atoms with Gasteiger partial charge in [0.15, 0.2) is 0 Å². The molecule has 0 aliphatic carbocycles. The van der Waals surface area contributed by atoms with Crippen molar-refractivity contribution in [2.45, 2.75) is 32.4 Å². The summed E-state index contributed by atoms with van der Waals surface area (Å²) < 4.78 is 0. The molecule has 1 aromatic carbocycles. The van der Waals surface area contributed by atoms with Crippen LogP contribution in [0.25, 0.3) is 0 Å². The van der Waals surface area contributed by atoms with E-state index in [0.29, 0.717) is 12.1 Å². The summed E-state index contributed by atoms with van der Waals surface area (Å²) in [5.74, 6) is -0.295. The van der Waals surface area contributed by atoms with Gasteiger partial charge in [0.1, 0.15) is 12.3 Å². The third-order valence-corrected chi connectivity index (χ3v) is 3.43. The highest BCUT2D eigenvalue weighted by Gasteiger charge is 2.24. The van der Waals surface area contributed by atoms with Gasteiger partial charge in [-0.25, -0.2) is 0 Å². The zero-order valence-electron chi connectivity index (χ0n) is 12.3. The summed E-state index contributed by atoms with van der Waals surface area (Å²) >= 11 is 0. The molecule has 0 heterocycles. The molecular weight excluding hydrogens is 270 g/mol. The molecule has 3 N–H and O–H groups in total. The summed E-state index contributed by atoms with van der Waals surface area (Å²) in [6.07, 6.45) is 1.86. The van der Waals surface area contributed by atoms with Crippen molar-refractivity contribution >= 4 is 24.3 Å². The predicted octanol–water partition coefficient (Wildman–Crippen LogP) is 0.629. The van der Waals surface area contributed by atoms with Gasteiger partial charge in [-0.1, -0.05) is 12.1 Å². The number of nitrogens with two attached hydrogens (primary N) is 1. The van der Waals surface area contributed by atoms with Crippen LogP contribution >= 0.6 is 0 Å². The number of rotatable bonds is 8. The number of nitrogens with one attached hydrogen (secondary N) is 1. The molecule has 0 saturated heterocycles. The van der Waals surface area contributed by atoms with Crippen molar-refractivity contribution in [1.29, 1.82) is 0 Å². The van der Waals surface area contributed by atoms with Crippen molar-refractivity contribution in [3.8, 4) is 0 Å². The number of aldehydes is 1. The van der Waals surface area contributed by atoms with Gasteiger partial charge in [0.2, 0.25) is 12.3 Å². The van der Waals surface area contributed by atoms with Crippen LogP contribution in [0.15, 0.2) is 18.2 Å². The molecule has 6 heteroatoms. The Hall–Kier alpha value is -2.37. The maximum absolute atomic E-state index is 11.9. The summed E-state index contributed by atoms with van der Waals surface area (Å²) in [5.41, 5.74) is 8.27. The molecule has 1 rings (SSSR count). The summed E-state index contributed by atoms with van der Waals surface area (Å²) in [7, 11) is 1.50. The van der Waals surface area contributed by atoms with Crippen molar-refractivity contribution in [3.63, 3.8) is 0 Å². The monoisotopic (exact) mass is 291 g/mol. The lowest BCUT2D eigenvalue weighted by Crippen LogP contribution is -2.45. The lowest BCUT2D eigenvalue weighted by molar-refractivity contribution is -0.133. The van der Waals surface area contributed by atoms with Crippen molar-refractivity contribution < 1.29 is 14.4 Å². The zero-order chi connectivity index (χ0) is 15.8. The van der Waals surface area contributed by atoms with Gasteiger partial charge in [-0.05, 0) is 30.5 Å². The van der Waals surface area contributed by atoms with Crippen LogP contribution in [0, 0.1) is 6.92 Å². The maximum atomic E-state index is 11.9. The Labute approximate surface area is 124 Å². The number of nitrogen functional groups attached to an aromatic ring is 1. The summed E-state index contributed by atoms with van der Waals surface area (Å²) in [5, 5.41) is 2.52. The van der Waals surface area contributed by atoms with E-state index >= 15 is 0 Å². The van der Waals surface area contributed by atoms with E-state index in [4.69, 9.17) is 5.73 Å². The van der Waals surface area contributed by atoms with E-state index in [-0.39, 0.29) is 25.3 Å². The molecule has 0 radical (unpaired) electrons. The Morgan fingerprint density at radius 2 is 2.14 bits per heavy atom. The highest BCUT2D eigenvalue weighted by molar-refractivity contribution is 5.83. The van der Waals surface area contributed by atoms with Crippen LogP contribution in [0.3, 0.4) is 0 Å². The number of nitrogens with zero attached hydrogens (tertiary/aromatic N) is 1. The first-order valence-electron chi connectivity index (χ1n) is 6.75. The molecule has 0 aliphatic rings.